The van der Waals surface area contributed by atoms with Crippen LogP contribution >= 0.6 is 0 Å². The van der Waals surface area contributed by atoms with Crippen LogP contribution in [-0.2, 0) is 6.54 Å². The van der Waals surface area contributed by atoms with Gasteiger partial charge >= 0.3 is 0 Å². The highest BCUT2D eigenvalue weighted by atomic mass is 16.6. The topological polar surface area (TPSA) is 73.4 Å². The van der Waals surface area contributed by atoms with Crippen LogP contribution < -0.4 is 4.90 Å². The van der Waals surface area contributed by atoms with Gasteiger partial charge in [-0.2, -0.15) is 5.26 Å². The molecule has 0 amide bonds. The number of rotatable bonds is 4. The fourth-order valence-corrected chi connectivity index (χ4v) is 3.12. The molecular formula is C19H20N4O2. The molecular weight excluding hydrogens is 316 g/mol. The molecule has 6 heteroatoms. The van der Waals surface area contributed by atoms with Gasteiger partial charge < -0.3 is 4.90 Å². The number of nitriles is 1. The normalized spacial score (nSPS) is 15.4. The summed E-state index contributed by atoms with van der Waals surface area (Å²) < 4.78 is 0. The Morgan fingerprint density at radius 3 is 2.36 bits per heavy atom. The van der Waals surface area contributed by atoms with Crippen LogP contribution in [0.2, 0.25) is 0 Å². The molecule has 0 aromatic heterocycles. The highest BCUT2D eigenvalue weighted by Crippen LogP contribution is 2.21. The molecule has 0 bridgehead atoms. The average Bonchev–Trinajstić information content (AvgIpc) is 2.88. The van der Waals surface area contributed by atoms with E-state index in [2.05, 4.69) is 15.9 Å². The summed E-state index contributed by atoms with van der Waals surface area (Å²) in [5.74, 6) is 0. The van der Waals surface area contributed by atoms with Crippen molar-refractivity contribution in [3.63, 3.8) is 0 Å². The maximum absolute atomic E-state index is 10.8. The molecule has 1 fully saturated rings. The van der Waals surface area contributed by atoms with Crippen molar-refractivity contribution in [2.24, 2.45) is 0 Å². The quantitative estimate of drug-likeness (QED) is 0.633. The third-order valence-corrected chi connectivity index (χ3v) is 4.50. The van der Waals surface area contributed by atoms with Crippen molar-refractivity contribution in [2.45, 2.75) is 13.0 Å². The van der Waals surface area contributed by atoms with E-state index in [0.29, 0.717) is 5.56 Å². The second-order valence-corrected chi connectivity index (χ2v) is 6.20. The number of non-ortho nitro benzene ring substituents is 1. The molecule has 0 saturated carbocycles. The Morgan fingerprint density at radius 1 is 1.00 bits per heavy atom. The zero-order valence-electron chi connectivity index (χ0n) is 14.0. The van der Waals surface area contributed by atoms with Crippen LogP contribution in [0.5, 0.6) is 0 Å². The van der Waals surface area contributed by atoms with Crippen molar-refractivity contribution in [2.75, 3.05) is 31.1 Å². The summed E-state index contributed by atoms with van der Waals surface area (Å²) in [6, 6.07) is 16.7. The minimum absolute atomic E-state index is 0.126. The van der Waals surface area contributed by atoms with Crippen LogP contribution in [0.25, 0.3) is 0 Å². The van der Waals surface area contributed by atoms with Crippen LogP contribution in [0.1, 0.15) is 17.5 Å². The Hall–Kier alpha value is -2.91. The number of benzene rings is 2. The number of anilines is 1. The van der Waals surface area contributed by atoms with E-state index < -0.39 is 0 Å². The van der Waals surface area contributed by atoms with Crippen molar-refractivity contribution < 1.29 is 4.92 Å². The first-order chi connectivity index (χ1) is 12.2. The molecule has 1 saturated heterocycles. The van der Waals surface area contributed by atoms with Gasteiger partial charge in [-0.15, -0.1) is 0 Å². The molecule has 3 rings (SSSR count). The van der Waals surface area contributed by atoms with Crippen LogP contribution in [0, 0.1) is 21.4 Å². The van der Waals surface area contributed by atoms with Crippen molar-refractivity contribution in [3.05, 3.63) is 69.8 Å². The lowest BCUT2D eigenvalue weighted by molar-refractivity contribution is -0.384. The van der Waals surface area contributed by atoms with Crippen LogP contribution in [0.4, 0.5) is 11.4 Å². The van der Waals surface area contributed by atoms with Crippen LogP contribution in [0.15, 0.2) is 48.5 Å². The molecule has 0 N–H and O–H groups in total. The van der Waals surface area contributed by atoms with Crippen LogP contribution in [0.3, 0.4) is 0 Å². The summed E-state index contributed by atoms with van der Waals surface area (Å²) >= 11 is 0. The third kappa shape index (κ3) is 4.34. The van der Waals surface area contributed by atoms with Crippen molar-refractivity contribution in [3.8, 4) is 6.07 Å². The largest absolute Gasteiger partial charge is 0.370 e. The number of nitro benzene ring substituents is 1. The molecule has 128 valence electrons. The van der Waals surface area contributed by atoms with Crippen molar-refractivity contribution in [1.29, 1.82) is 5.26 Å². The molecule has 2 aromatic carbocycles. The van der Waals surface area contributed by atoms with Gasteiger partial charge in [0.05, 0.1) is 16.6 Å². The molecule has 0 unspecified atom stereocenters. The van der Waals surface area contributed by atoms with Gasteiger partial charge in [-0.05, 0) is 36.2 Å². The Balaban J connectivity index is 1.59. The van der Waals surface area contributed by atoms with Crippen LogP contribution in [-0.4, -0.2) is 36.0 Å². The fraction of sp³-hybridized carbons (Fsp3) is 0.316. The lowest BCUT2D eigenvalue weighted by atomic mass is 10.1. The second kappa shape index (κ2) is 7.77. The molecule has 0 atom stereocenters. The van der Waals surface area contributed by atoms with Gasteiger partial charge in [-0.1, -0.05) is 12.1 Å². The molecule has 1 heterocycles. The van der Waals surface area contributed by atoms with Gasteiger partial charge in [0.2, 0.25) is 0 Å². The molecule has 0 aliphatic carbocycles. The van der Waals surface area contributed by atoms with E-state index >= 15 is 0 Å². The van der Waals surface area contributed by atoms with E-state index in [4.69, 9.17) is 5.26 Å². The summed E-state index contributed by atoms with van der Waals surface area (Å²) in [6.07, 6.45) is 1.05. The first-order valence-corrected chi connectivity index (χ1v) is 8.36. The molecule has 1 aliphatic heterocycles. The predicted molar refractivity (Wildman–Crippen MR) is 96.4 cm³/mol. The lowest BCUT2D eigenvalue weighted by Gasteiger charge is -2.23. The molecule has 0 radical (unpaired) electrons. The SMILES string of the molecule is N#Cc1ccc(CN2CCCN(c3ccc([N+](=O)[O-])cc3)CC2)cc1. The maximum Gasteiger partial charge on any atom is 0.269 e. The number of nitrogens with zero attached hydrogens (tertiary/aromatic N) is 4. The Kier molecular flexibility index (Phi) is 5.26. The minimum atomic E-state index is -0.370. The number of hydrogen-bond donors (Lipinski definition) is 0. The summed E-state index contributed by atoms with van der Waals surface area (Å²) in [6.45, 7) is 4.68. The average molecular weight is 336 g/mol. The first kappa shape index (κ1) is 16.9. The number of nitro groups is 1. The Bertz CT molecular complexity index is 766. The van der Waals surface area contributed by atoms with E-state index in [1.54, 1.807) is 12.1 Å². The summed E-state index contributed by atoms with van der Waals surface area (Å²) in [5, 5.41) is 19.6. The monoisotopic (exact) mass is 336 g/mol. The molecule has 25 heavy (non-hydrogen) atoms. The van der Waals surface area contributed by atoms with Gasteiger partial charge in [-0.25, -0.2) is 0 Å². The van der Waals surface area contributed by atoms with E-state index in [1.807, 2.05) is 36.4 Å². The van der Waals surface area contributed by atoms with E-state index in [1.165, 1.54) is 5.56 Å². The number of hydrogen-bond acceptors (Lipinski definition) is 5. The van der Waals surface area contributed by atoms with Gasteiger partial charge in [0.15, 0.2) is 0 Å². The summed E-state index contributed by atoms with van der Waals surface area (Å²) in [5.41, 5.74) is 3.05. The molecule has 6 nitrogen and oxygen atoms in total. The lowest BCUT2D eigenvalue weighted by Crippen LogP contribution is -2.30. The molecule has 1 aliphatic rings. The summed E-state index contributed by atoms with van der Waals surface area (Å²) in [7, 11) is 0. The standard InChI is InChI=1S/C19H20N4O2/c20-14-16-2-4-17(5-3-16)15-21-10-1-11-22(13-12-21)18-6-8-19(9-7-18)23(24)25/h2-9H,1,10-13,15H2. The minimum Gasteiger partial charge on any atom is -0.370 e. The second-order valence-electron chi connectivity index (χ2n) is 6.20. The zero-order chi connectivity index (χ0) is 17.6. The fourth-order valence-electron chi connectivity index (χ4n) is 3.12. The highest BCUT2D eigenvalue weighted by molar-refractivity contribution is 5.51. The van der Waals surface area contributed by atoms with Gasteiger partial charge in [-0.3, -0.25) is 15.0 Å². The summed E-state index contributed by atoms with van der Waals surface area (Å²) in [4.78, 5) is 15.1. The highest BCUT2D eigenvalue weighted by Gasteiger charge is 2.16. The maximum atomic E-state index is 10.8. The predicted octanol–water partition coefficient (Wildman–Crippen LogP) is 3.18. The van der Waals surface area contributed by atoms with E-state index in [9.17, 15) is 10.1 Å². The zero-order valence-corrected chi connectivity index (χ0v) is 14.0. The first-order valence-electron chi connectivity index (χ1n) is 8.36. The third-order valence-electron chi connectivity index (χ3n) is 4.50. The molecule has 0 spiro atoms. The smallest absolute Gasteiger partial charge is 0.269 e. The van der Waals surface area contributed by atoms with Gasteiger partial charge in [0.1, 0.15) is 0 Å². The van der Waals surface area contributed by atoms with Crippen molar-refractivity contribution in [1.82, 2.24) is 4.90 Å². The van der Waals surface area contributed by atoms with E-state index in [0.717, 1.165) is 44.8 Å². The Morgan fingerprint density at radius 2 is 1.72 bits per heavy atom. The molecule has 2 aromatic rings. The van der Waals surface area contributed by atoms with Gasteiger partial charge in [0, 0.05) is 50.5 Å². The van der Waals surface area contributed by atoms with E-state index in [-0.39, 0.29) is 10.6 Å². The van der Waals surface area contributed by atoms with Gasteiger partial charge in [0.25, 0.3) is 5.69 Å². The van der Waals surface area contributed by atoms with Crippen molar-refractivity contribution >= 4 is 11.4 Å². The Labute approximate surface area is 147 Å².